The highest BCUT2D eigenvalue weighted by molar-refractivity contribution is 7.86. The molecule has 3 rings (SSSR count). The first-order valence-corrected chi connectivity index (χ1v) is 10.7. The Morgan fingerprint density at radius 1 is 1.26 bits per heavy atom. The van der Waals surface area contributed by atoms with Crippen LogP contribution >= 0.6 is 0 Å². The average molecular weight is 393 g/mol. The number of hydrogen-bond acceptors (Lipinski definition) is 5. The third-order valence-corrected chi connectivity index (χ3v) is 6.74. The van der Waals surface area contributed by atoms with Crippen LogP contribution in [0.5, 0.6) is 0 Å². The number of aryl methyl sites for hydroxylation is 1. The SMILES string of the molecule is Cc1cc(-c2ccnn2C(C)C)nc([C@@H]2CCCN(S(=O)(=O)N(C)C)C2)n1. The molecule has 0 aliphatic carbocycles. The van der Waals surface area contributed by atoms with Crippen molar-refractivity contribution in [3.63, 3.8) is 0 Å². The lowest BCUT2D eigenvalue weighted by atomic mass is 9.98. The zero-order valence-electron chi connectivity index (χ0n) is 16.6. The van der Waals surface area contributed by atoms with Crippen molar-refractivity contribution in [2.24, 2.45) is 0 Å². The second-order valence-corrected chi connectivity index (χ2v) is 9.64. The summed E-state index contributed by atoms with van der Waals surface area (Å²) in [6, 6.07) is 4.13. The first kappa shape index (κ1) is 19.9. The molecule has 1 saturated heterocycles. The van der Waals surface area contributed by atoms with Crippen LogP contribution in [0.25, 0.3) is 11.4 Å². The molecule has 8 nitrogen and oxygen atoms in total. The van der Waals surface area contributed by atoms with Crippen molar-refractivity contribution in [3.8, 4) is 11.4 Å². The molecule has 1 fully saturated rings. The van der Waals surface area contributed by atoms with Crippen LogP contribution in [-0.4, -0.2) is 64.0 Å². The van der Waals surface area contributed by atoms with Crippen molar-refractivity contribution in [3.05, 3.63) is 29.8 Å². The maximum atomic E-state index is 12.5. The zero-order chi connectivity index (χ0) is 19.8. The van der Waals surface area contributed by atoms with Gasteiger partial charge in [-0.3, -0.25) is 4.68 Å². The van der Waals surface area contributed by atoms with Gasteiger partial charge in [0.15, 0.2) is 0 Å². The molecule has 0 radical (unpaired) electrons. The van der Waals surface area contributed by atoms with Gasteiger partial charge < -0.3 is 0 Å². The van der Waals surface area contributed by atoms with Gasteiger partial charge in [0.05, 0.1) is 11.4 Å². The molecule has 1 aliphatic heterocycles. The quantitative estimate of drug-likeness (QED) is 0.779. The summed E-state index contributed by atoms with van der Waals surface area (Å²) in [5, 5.41) is 4.39. The lowest BCUT2D eigenvalue weighted by Gasteiger charge is -2.33. The number of rotatable bonds is 5. The van der Waals surface area contributed by atoms with Crippen molar-refractivity contribution in [2.75, 3.05) is 27.2 Å². The summed E-state index contributed by atoms with van der Waals surface area (Å²) in [7, 11) is -0.300. The lowest BCUT2D eigenvalue weighted by molar-refractivity contribution is 0.293. The standard InChI is InChI=1S/C18H28N6O2S/c1-13(2)24-17(8-9-19-24)16-11-14(3)20-18(21-16)15-7-6-10-23(12-15)27(25,26)22(4)5/h8-9,11,13,15H,6-7,10,12H2,1-5H3/t15-/m1/s1. The molecule has 9 heteroatoms. The van der Waals surface area contributed by atoms with Crippen LogP contribution in [0.2, 0.25) is 0 Å². The molecule has 148 valence electrons. The summed E-state index contributed by atoms with van der Waals surface area (Å²) in [6.45, 7) is 7.05. The molecule has 0 aromatic carbocycles. The highest BCUT2D eigenvalue weighted by atomic mass is 32.2. The van der Waals surface area contributed by atoms with Crippen LogP contribution in [0.15, 0.2) is 18.3 Å². The maximum absolute atomic E-state index is 12.5. The predicted octanol–water partition coefficient (Wildman–Crippen LogP) is 2.22. The Morgan fingerprint density at radius 3 is 2.67 bits per heavy atom. The molecule has 2 aromatic heterocycles. The largest absolute Gasteiger partial charge is 0.281 e. The Labute approximate surface area is 161 Å². The van der Waals surface area contributed by atoms with Gasteiger partial charge in [-0.25, -0.2) is 9.97 Å². The van der Waals surface area contributed by atoms with E-state index in [2.05, 4.69) is 23.9 Å². The Bertz CT molecular complexity index is 906. The Morgan fingerprint density at radius 2 is 2.00 bits per heavy atom. The molecule has 27 heavy (non-hydrogen) atoms. The van der Waals surface area contributed by atoms with E-state index in [-0.39, 0.29) is 12.0 Å². The summed E-state index contributed by atoms with van der Waals surface area (Å²) < 4.78 is 29.7. The van der Waals surface area contributed by atoms with Crippen molar-refractivity contribution in [1.29, 1.82) is 0 Å². The van der Waals surface area contributed by atoms with E-state index in [1.165, 1.54) is 8.61 Å². The van der Waals surface area contributed by atoms with E-state index in [0.29, 0.717) is 18.9 Å². The van der Waals surface area contributed by atoms with E-state index in [1.54, 1.807) is 20.3 Å². The average Bonchev–Trinajstić information content (AvgIpc) is 3.11. The summed E-state index contributed by atoms with van der Waals surface area (Å²) in [4.78, 5) is 9.42. The Kier molecular flexibility index (Phi) is 5.64. The van der Waals surface area contributed by atoms with E-state index in [1.807, 2.05) is 23.7 Å². The van der Waals surface area contributed by atoms with Gasteiger partial charge in [0.25, 0.3) is 10.2 Å². The van der Waals surface area contributed by atoms with Gasteiger partial charge >= 0.3 is 0 Å². The summed E-state index contributed by atoms with van der Waals surface area (Å²) >= 11 is 0. The van der Waals surface area contributed by atoms with Crippen LogP contribution in [0.3, 0.4) is 0 Å². The molecular weight excluding hydrogens is 364 g/mol. The lowest BCUT2D eigenvalue weighted by Crippen LogP contribution is -2.45. The third-order valence-electron chi connectivity index (χ3n) is 4.83. The monoisotopic (exact) mass is 392 g/mol. The van der Waals surface area contributed by atoms with E-state index in [0.717, 1.165) is 29.9 Å². The van der Waals surface area contributed by atoms with Gasteiger partial charge in [0, 0.05) is 51.0 Å². The summed E-state index contributed by atoms with van der Waals surface area (Å²) in [6.07, 6.45) is 3.46. The number of aromatic nitrogens is 4. The smallest absolute Gasteiger partial charge is 0.261 e. The molecule has 1 aliphatic rings. The van der Waals surface area contributed by atoms with Gasteiger partial charge in [0.2, 0.25) is 0 Å². The van der Waals surface area contributed by atoms with Crippen molar-refractivity contribution >= 4 is 10.2 Å². The maximum Gasteiger partial charge on any atom is 0.281 e. The molecule has 0 saturated carbocycles. The Balaban J connectivity index is 1.93. The van der Waals surface area contributed by atoms with Gasteiger partial charge in [-0.1, -0.05) is 0 Å². The highest BCUT2D eigenvalue weighted by Gasteiger charge is 2.32. The van der Waals surface area contributed by atoms with Gasteiger partial charge in [-0.2, -0.15) is 22.1 Å². The topological polar surface area (TPSA) is 84.2 Å². The minimum atomic E-state index is -3.43. The zero-order valence-corrected chi connectivity index (χ0v) is 17.4. The molecule has 2 aromatic rings. The number of piperidine rings is 1. The van der Waals surface area contributed by atoms with E-state index in [4.69, 9.17) is 4.98 Å². The van der Waals surface area contributed by atoms with Crippen molar-refractivity contribution in [1.82, 2.24) is 28.4 Å². The molecule has 0 N–H and O–H groups in total. The minimum absolute atomic E-state index is 0.0115. The van der Waals surface area contributed by atoms with Gasteiger partial charge in [-0.05, 0) is 45.7 Å². The first-order chi connectivity index (χ1) is 12.7. The predicted molar refractivity (Wildman–Crippen MR) is 105 cm³/mol. The van der Waals surface area contributed by atoms with E-state index in [9.17, 15) is 8.42 Å². The fourth-order valence-corrected chi connectivity index (χ4v) is 4.62. The van der Waals surface area contributed by atoms with Crippen LogP contribution in [0.1, 0.15) is 50.2 Å². The normalized spacial score (nSPS) is 19.1. The molecule has 0 spiro atoms. The third kappa shape index (κ3) is 4.04. The van der Waals surface area contributed by atoms with Gasteiger partial charge in [0.1, 0.15) is 5.82 Å². The molecule has 0 amide bonds. The van der Waals surface area contributed by atoms with Crippen molar-refractivity contribution in [2.45, 2.75) is 45.6 Å². The van der Waals surface area contributed by atoms with Crippen LogP contribution in [0.4, 0.5) is 0 Å². The van der Waals surface area contributed by atoms with Crippen LogP contribution in [0, 0.1) is 6.92 Å². The molecule has 0 unspecified atom stereocenters. The van der Waals surface area contributed by atoms with Gasteiger partial charge in [-0.15, -0.1) is 0 Å². The summed E-state index contributed by atoms with van der Waals surface area (Å²) in [5.41, 5.74) is 2.65. The van der Waals surface area contributed by atoms with E-state index < -0.39 is 10.2 Å². The number of hydrogen-bond donors (Lipinski definition) is 0. The second kappa shape index (κ2) is 7.65. The summed E-state index contributed by atoms with van der Waals surface area (Å²) in [5.74, 6) is 0.697. The molecule has 1 atom stereocenters. The Hall–Kier alpha value is -1.84. The fraction of sp³-hybridized carbons (Fsp3) is 0.611. The highest BCUT2D eigenvalue weighted by Crippen LogP contribution is 2.29. The molecular formula is C18H28N6O2S. The number of nitrogens with zero attached hydrogens (tertiary/aromatic N) is 6. The van der Waals surface area contributed by atoms with Crippen LogP contribution < -0.4 is 0 Å². The second-order valence-electron chi connectivity index (χ2n) is 7.49. The molecule has 3 heterocycles. The van der Waals surface area contributed by atoms with Crippen molar-refractivity contribution < 1.29 is 8.42 Å². The molecule has 0 bridgehead atoms. The van der Waals surface area contributed by atoms with E-state index >= 15 is 0 Å². The fourth-order valence-electron chi connectivity index (χ4n) is 3.43. The minimum Gasteiger partial charge on any atom is -0.261 e. The van der Waals surface area contributed by atoms with Crippen LogP contribution in [-0.2, 0) is 10.2 Å². The first-order valence-electron chi connectivity index (χ1n) is 9.27.